The van der Waals surface area contributed by atoms with Gasteiger partial charge in [-0.15, -0.1) is 0 Å². The molecule has 1 unspecified atom stereocenters. The summed E-state index contributed by atoms with van der Waals surface area (Å²) in [6.07, 6.45) is 0.726. The van der Waals surface area contributed by atoms with Gasteiger partial charge >= 0.3 is 5.97 Å². The molecule has 1 atom stereocenters. The normalized spacial score (nSPS) is 18.6. The van der Waals surface area contributed by atoms with Crippen molar-refractivity contribution in [2.75, 3.05) is 11.4 Å². The average molecular weight is 221 g/mol. The van der Waals surface area contributed by atoms with Crippen LogP contribution in [0.2, 0.25) is 0 Å². The number of phenolic OH excluding ortho intramolecular Hbond substituents is 1. The molecule has 16 heavy (non-hydrogen) atoms. The molecule has 0 saturated carbocycles. The molecule has 4 heteroatoms. The first-order chi connectivity index (χ1) is 7.63. The number of benzene rings is 1. The summed E-state index contributed by atoms with van der Waals surface area (Å²) in [4.78, 5) is 12.8. The number of rotatable bonds is 3. The highest BCUT2D eigenvalue weighted by molar-refractivity contribution is 5.71. The van der Waals surface area contributed by atoms with E-state index >= 15 is 0 Å². The van der Waals surface area contributed by atoms with Crippen LogP contribution in [0.1, 0.15) is 18.9 Å². The first-order valence-electron chi connectivity index (χ1n) is 5.42. The van der Waals surface area contributed by atoms with Crippen LogP contribution < -0.4 is 4.90 Å². The van der Waals surface area contributed by atoms with Gasteiger partial charge in [0, 0.05) is 23.8 Å². The number of carboxylic acid groups (broad SMARTS) is 1. The van der Waals surface area contributed by atoms with Crippen LogP contribution >= 0.6 is 0 Å². The molecule has 0 aromatic heterocycles. The number of hydrogen-bond donors (Lipinski definition) is 2. The van der Waals surface area contributed by atoms with E-state index in [2.05, 4.69) is 0 Å². The van der Waals surface area contributed by atoms with E-state index in [9.17, 15) is 9.90 Å². The highest BCUT2D eigenvalue weighted by atomic mass is 16.4. The molecular formula is C12H15NO3. The second kappa shape index (κ2) is 4.04. The molecule has 0 bridgehead atoms. The Hall–Kier alpha value is -1.71. The molecule has 1 heterocycles. The molecule has 1 aliphatic rings. The second-order valence-electron chi connectivity index (χ2n) is 4.02. The van der Waals surface area contributed by atoms with Gasteiger partial charge in [-0.1, -0.05) is 6.07 Å². The average Bonchev–Trinajstić information content (AvgIpc) is 2.56. The van der Waals surface area contributed by atoms with Crippen LogP contribution in [0.25, 0.3) is 0 Å². The van der Waals surface area contributed by atoms with Gasteiger partial charge in [0.1, 0.15) is 5.75 Å². The molecule has 1 aromatic carbocycles. The van der Waals surface area contributed by atoms with E-state index in [-0.39, 0.29) is 18.2 Å². The number of anilines is 1. The minimum absolute atomic E-state index is 0.0363. The summed E-state index contributed by atoms with van der Waals surface area (Å²) in [7, 11) is 0. The quantitative estimate of drug-likeness (QED) is 0.814. The van der Waals surface area contributed by atoms with Crippen molar-refractivity contribution in [2.24, 2.45) is 0 Å². The van der Waals surface area contributed by atoms with E-state index in [0.717, 1.165) is 17.8 Å². The van der Waals surface area contributed by atoms with Gasteiger partial charge in [0.25, 0.3) is 0 Å². The van der Waals surface area contributed by atoms with Gasteiger partial charge in [0.2, 0.25) is 0 Å². The fourth-order valence-electron chi connectivity index (χ4n) is 2.40. The third-order valence-electron chi connectivity index (χ3n) is 3.07. The van der Waals surface area contributed by atoms with Crippen molar-refractivity contribution in [1.29, 1.82) is 0 Å². The van der Waals surface area contributed by atoms with Gasteiger partial charge in [-0.3, -0.25) is 4.79 Å². The summed E-state index contributed by atoms with van der Waals surface area (Å²) in [6, 6.07) is 5.33. The van der Waals surface area contributed by atoms with E-state index in [1.807, 2.05) is 17.9 Å². The Labute approximate surface area is 94.1 Å². The minimum atomic E-state index is -0.796. The SMILES string of the molecule is CCN1c2cccc(O)c2CC1CC(=O)O. The first kappa shape index (κ1) is 10.8. The lowest BCUT2D eigenvalue weighted by molar-refractivity contribution is -0.137. The Kier molecular flexibility index (Phi) is 2.73. The van der Waals surface area contributed by atoms with Crippen molar-refractivity contribution < 1.29 is 15.0 Å². The number of likely N-dealkylation sites (N-methyl/N-ethyl adjacent to an activating group) is 1. The molecule has 86 valence electrons. The summed E-state index contributed by atoms with van der Waals surface area (Å²) >= 11 is 0. The summed E-state index contributed by atoms with van der Waals surface area (Å²) in [5, 5.41) is 18.6. The standard InChI is InChI=1S/C12H15NO3/c1-2-13-8(7-12(15)16)6-9-10(13)4-3-5-11(9)14/h3-5,8,14H,2,6-7H2,1H3,(H,15,16). The summed E-state index contributed by atoms with van der Waals surface area (Å²) in [5.41, 5.74) is 1.84. The maximum atomic E-state index is 10.8. The number of hydrogen-bond acceptors (Lipinski definition) is 3. The van der Waals surface area contributed by atoms with Crippen LogP contribution in [0.4, 0.5) is 5.69 Å². The van der Waals surface area contributed by atoms with Crippen molar-refractivity contribution in [3.8, 4) is 5.75 Å². The van der Waals surface area contributed by atoms with Gasteiger partial charge in [-0.25, -0.2) is 0 Å². The topological polar surface area (TPSA) is 60.8 Å². The number of aliphatic carboxylic acids is 1. The fourth-order valence-corrected chi connectivity index (χ4v) is 2.40. The van der Waals surface area contributed by atoms with Gasteiger partial charge in [-0.05, 0) is 25.5 Å². The molecule has 0 fully saturated rings. The fraction of sp³-hybridized carbons (Fsp3) is 0.417. The minimum Gasteiger partial charge on any atom is -0.508 e. The van der Waals surface area contributed by atoms with Gasteiger partial charge in [-0.2, -0.15) is 0 Å². The molecule has 1 aromatic rings. The largest absolute Gasteiger partial charge is 0.508 e. The molecule has 0 saturated heterocycles. The maximum absolute atomic E-state index is 10.8. The number of aromatic hydroxyl groups is 1. The van der Waals surface area contributed by atoms with Crippen LogP contribution in [0.3, 0.4) is 0 Å². The second-order valence-corrected chi connectivity index (χ2v) is 4.02. The highest BCUT2D eigenvalue weighted by Gasteiger charge is 2.31. The van der Waals surface area contributed by atoms with E-state index in [1.165, 1.54) is 0 Å². The zero-order valence-corrected chi connectivity index (χ0v) is 9.18. The van der Waals surface area contributed by atoms with Crippen LogP contribution in [-0.2, 0) is 11.2 Å². The lowest BCUT2D eigenvalue weighted by Crippen LogP contribution is -2.33. The van der Waals surface area contributed by atoms with E-state index in [4.69, 9.17) is 5.11 Å². The molecular weight excluding hydrogens is 206 g/mol. The third kappa shape index (κ3) is 1.71. The summed E-state index contributed by atoms with van der Waals surface area (Å²) in [6.45, 7) is 2.75. The Bertz CT molecular complexity index is 417. The Morgan fingerprint density at radius 2 is 2.31 bits per heavy atom. The number of fused-ring (bicyclic) bond motifs is 1. The lowest BCUT2D eigenvalue weighted by Gasteiger charge is -2.24. The molecule has 2 N–H and O–H groups in total. The summed E-state index contributed by atoms with van der Waals surface area (Å²) < 4.78 is 0. The third-order valence-corrected chi connectivity index (χ3v) is 3.07. The molecule has 2 rings (SSSR count). The predicted molar refractivity (Wildman–Crippen MR) is 60.9 cm³/mol. The molecule has 0 aliphatic carbocycles. The number of carboxylic acids is 1. The lowest BCUT2D eigenvalue weighted by atomic mass is 10.1. The van der Waals surface area contributed by atoms with Crippen molar-refractivity contribution in [3.05, 3.63) is 23.8 Å². The van der Waals surface area contributed by atoms with Crippen LogP contribution in [-0.4, -0.2) is 28.8 Å². The van der Waals surface area contributed by atoms with Crippen molar-refractivity contribution in [2.45, 2.75) is 25.8 Å². The van der Waals surface area contributed by atoms with Crippen LogP contribution in [0.5, 0.6) is 5.75 Å². The van der Waals surface area contributed by atoms with Gasteiger partial charge in [0.05, 0.1) is 6.42 Å². The van der Waals surface area contributed by atoms with E-state index in [0.29, 0.717) is 6.42 Å². The van der Waals surface area contributed by atoms with Crippen LogP contribution in [0, 0.1) is 0 Å². The molecule has 0 radical (unpaired) electrons. The molecule has 0 amide bonds. The Balaban J connectivity index is 2.32. The van der Waals surface area contributed by atoms with Crippen molar-refractivity contribution >= 4 is 11.7 Å². The molecule has 0 spiro atoms. The number of phenols is 1. The zero-order valence-electron chi connectivity index (χ0n) is 9.18. The summed E-state index contributed by atoms with van der Waals surface area (Å²) in [5.74, 6) is -0.528. The van der Waals surface area contributed by atoms with E-state index in [1.54, 1.807) is 12.1 Å². The highest BCUT2D eigenvalue weighted by Crippen LogP contribution is 2.38. The molecule has 1 aliphatic heterocycles. The first-order valence-corrected chi connectivity index (χ1v) is 5.42. The van der Waals surface area contributed by atoms with Crippen LogP contribution in [0.15, 0.2) is 18.2 Å². The maximum Gasteiger partial charge on any atom is 0.305 e. The Morgan fingerprint density at radius 1 is 1.56 bits per heavy atom. The van der Waals surface area contributed by atoms with E-state index < -0.39 is 5.97 Å². The smallest absolute Gasteiger partial charge is 0.305 e. The zero-order chi connectivity index (χ0) is 11.7. The van der Waals surface area contributed by atoms with Gasteiger partial charge in [0.15, 0.2) is 0 Å². The molecule has 4 nitrogen and oxygen atoms in total. The predicted octanol–water partition coefficient (Wildman–Crippen LogP) is 1.62. The Morgan fingerprint density at radius 3 is 2.94 bits per heavy atom. The van der Waals surface area contributed by atoms with Gasteiger partial charge < -0.3 is 15.1 Å². The number of carbonyl (C=O) groups is 1. The number of nitrogens with zero attached hydrogens (tertiary/aromatic N) is 1. The van der Waals surface area contributed by atoms with Crippen molar-refractivity contribution in [3.63, 3.8) is 0 Å². The van der Waals surface area contributed by atoms with Crippen molar-refractivity contribution in [1.82, 2.24) is 0 Å². The monoisotopic (exact) mass is 221 g/mol.